The number of fused-ring (bicyclic) bond motifs is 1. The zero-order valence-corrected chi connectivity index (χ0v) is 17.0. The Hall–Kier alpha value is -4.68. The summed E-state index contributed by atoms with van der Waals surface area (Å²) in [5.74, 6) is -3.32. The summed E-state index contributed by atoms with van der Waals surface area (Å²) in [4.78, 5) is 70.5. The summed E-state index contributed by atoms with van der Waals surface area (Å²) in [5.41, 5.74) is -1.09. The SMILES string of the molecule is CC(OC(=O)CCN1C(=O)c2cccc([N+](=O)[O-])c2C1=O)C(=O)Nc1cccc([N+](=O)[O-])c1. The number of carbonyl (C=O) groups is 4. The summed E-state index contributed by atoms with van der Waals surface area (Å²) in [6, 6.07) is 8.82. The molecule has 0 radical (unpaired) electrons. The fourth-order valence-electron chi connectivity index (χ4n) is 3.12. The van der Waals surface area contributed by atoms with E-state index >= 15 is 0 Å². The quantitative estimate of drug-likeness (QED) is 0.269. The number of anilines is 1. The molecule has 13 heteroatoms. The summed E-state index contributed by atoms with van der Waals surface area (Å²) in [7, 11) is 0. The Bertz CT molecular complexity index is 1190. The van der Waals surface area contributed by atoms with Gasteiger partial charge in [0.05, 0.1) is 21.8 Å². The van der Waals surface area contributed by atoms with Crippen LogP contribution in [0, 0.1) is 20.2 Å². The van der Waals surface area contributed by atoms with E-state index in [1.54, 1.807) is 0 Å². The Kier molecular flexibility index (Phi) is 6.42. The summed E-state index contributed by atoms with van der Waals surface area (Å²) >= 11 is 0. The highest BCUT2D eigenvalue weighted by molar-refractivity contribution is 6.23. The van der Waals surface area contributed by atoms with Gasteiger partial charge in [-0.15, -0.1) is 0 Å². The van der Waals surface area contributed by atoms with E-state index < -0.39 is 58.3 Å². The number of nitrogens with one attached hydrogen (secondary N) is 1. The van der Waals surface area contributed by atoms with Gasteiger partial charge in [0.1, 0.15) is 5.56 Å². The zero-order valence-electron chi connectivity index (χ0n) is 17.0. The average Bonchev–Trinajstić information content (AvgIpc) is 3.02. The Morgan fingerprint density at radius 3 is 2.42 bits per heavy atom. The summed E-state index contributed by atoms with van der Waals surface area (Å²) in [6.45, 7) is 0.873. The molecule has 0 aromatic heterocycles. The van der Waals surface area contributed by atoms with Crippen LogP contribution in [-0.4, -0.2) is 51.1 Å². The molecule has 0 saturated carbocycles. The van der Waals surface area contributed by atoms with Crippen molar-refractivity contribution in [3.05, 3.63) is 73.8 Å². The number of benzene rings is 2. The summed E-state index contributed by atoms with van der Waals surface area (Å²) in [6.07, 6.45) is -1.73. The van der Waals surface area contributed by atoms with Gasteiger partial charge in [0.15, 0.2) is 6.10 Å². The van der Waals surface area contributed by atoms with E-state index in [9.17, 15) is 39.4 Å². The van der Waals surface area contributed by atoms with Gasteiger partial charge in [-0.05, 0) is 19.1 Å². The zero-order chi connectivity index (χ0) is 24.3. The van der Waals surface area contributed by atoms with E-state index in [2.05, 4.69) is 5.32 Å². The first-order valence-corrected chi connectivity index (χ1v) is 9.48. The van der Waals surface area contributed by atoms with Crippen LogP contribution >= 0.6 is 0 Å². The number of esters is 1. The Labute approximate surface area is 185 Å². The van der Waals surface area contributed by atoms with Gasteiger partial charge in [0.2, 0.25) is 0 Å². The molecule has 13 nitrogen and oxygen atoms in total. The van der Waals surface area contributed by atoms with Crippen molar-refractivity contribution in [2.75, 3.05) is 11.9 Å². The molecular weight excluding hydrogens is 440 g/mol. The number of ether oxygens (including phenoxy) is 1. The largest absolute Gasteiger partial charge is 0.452 e. The predicted molar refractivity (Wildman–Crippen MR) is 110 cm³/mol. The average molecular weight is 456 g/mol. The minimum absolute atomic E-state index is 0.129. The van der Waals surface area contributed by atoms with E-state index in [1.807, 2.05) is 0 Å². The molecule has 33 heavy (non-hydrogen) atoms. The lowest BCUT2D eigenvalue weighted by Crippen LogP contribution is -2.34. The first-order valence-electron chi connectivity index (χ1n) is 9.48. The number of hydrogen-bond donors (Lipinski definition) is 1. The van der Waals surface area contributed by atoms with Crippen LogP contribution in [0.3, 0.4) is 0 Å². The van der Waals surface area contributed by atoms with Crippen LogP contribution in [0.5, 0.6) is 0 Å². The van der Waals surface area contributed by atoms with E-state index in [1.165, 1.54) is 37.3 Å². The maximum absolute atomic E-state index is 12.5. The number of carbonyl (C=O) groups excluding carboxylic acids is 4. The molecule has 0 fully saturated rings. The van der Waals surface area contributed by atoms with E-state index in [0.29, 0.717) is 4.90 Å². The highest BCUT2D eigenvalue weighted by atomic mass is 16.6. The minimum atomic E-state index is -1.28. The van der Waals surface area contributed by atoms with Crippen molar-refractivity contribution in [2.24, 2.45) is 0 Å². The summed E-state index contributed by atoms with van der Waals surface area (Å²) < 4.78 is 4.99. The third kappa shape index (κ3) is 4.81. The van der Waals surface area contributed by atoms with Gasteiger partial charge in [0, 0.05) is 30.4 Å². The molecule has 3 amide bonds. The van der Waals surface area contributed by atoms with Gasteiger partial charge >= 0.3 is 5.97 Å². The highest BCUT2D eigenvalue weighted by Gasteiger charge is 2.40. The number of hydrogen-bond acceptors (Lipinski definition) is 9. The van der Waals surface area contributed by atoms with Gasteiger partial charge in [0.25, 0.3) is 29.1 Å². The molecule has 1 unspecified atom stereocenters. The van der Waals surface area contributed by atoms with Crippen LogP contribution in [0.2, 0.25) is 0 Å². The number of amides is 3. The van der Waals surface area contributed by atoms with Gasteiger partial charge in [-0.25, -0.2) is 0 Å². The number of imide groups is 1. The molecule has 3 rings (SSSR count). The number of non-ortho nitro benzene ring substituents is 1. The van der Waals surface area contributed by atoms with Gasteiger partial charge in [-0.1, -0.05) is 12.1 Å². The normalized spacial score (nSPS) is 13.3. The Morgan fingerprint density at radius 1 is 1.06 bits per heavy atom. The first-order chi connectivity index (χ1) is 15.6. The lowest BCUT2D eigenvalue weighted by atomic mass is 10.1. The molecule has 0 bridgehead atoms. The van der Waals surface area contributed by atoms with E-state index in [4.69, 9.17) is 4.74 Å². The molecule has 170 valence electrons. The van der Waals surface area contributed by atoms with Crippen molar-refractivity contribution in [1.29, 1.82) is 0 Å². The third-order valence-electron chi connectivity index (χ3n) is 4.72. The van der Waals surface area contributed by atoms with Crippen molar-refractivity contribution in [3.8, 4) is 0 Å². The standard InChI is InChI=1S/C20H16N4O9/c1-11(18(26)21-12-4-2-5-13(10-12)23(29)30)33-16(25)8-9-22-19(27)14-6-3-7-15(24(31)32)17(14)20(22)28/h2-7,10-11H,8-9H2,1H3,(H,21,26). The lowest BCUT2D eigenvalue weighted by molar-refractivity contribution is -0.385. The molecule has 0 saturated heterocycles. The molecule has 0 aliphatic carbocycles. The van der Waals surface area contributed by atoms with E-state index in [-0.39, 0.29) is 22.5 Å². The van der Waals surface area contributed by atoms with Gasteiger partial charge in [-0.3, -0.25) is 44.3 Å². The van der Waals surface area contributed by atoms with Crippen LogP contribution in [0.1, 0.15) is 34.1 Å². The fraction of sp³-hybridized carbons (Fsp3) is 0.200. The molecule has 1 heterocycles. The van der Waals surface area contributed by atoms with Crippen molar-refractivity contribution < 1.29 is 33.8 Å². The van der Waals surface area contributed by atoms with Gasteiger partial charge < -0.3 is 10.1 Å². The number of nitrogens with zero attached hydrogens (tertiary/aromatic N) is 3. The smallest absolute Gasteiger partial charge is 0.308 e. The summed E-state index contributed by atoms with van der Waals surface area (Å²) in [5, 5.41) is 24.3. The monoisotopic (exact) mass is 456 g/mol. The number of rotatable bonds is 8. The topological polar surface area (TPSA) is 179 Å². The number of nitro benzene ring substituents is 2. The maximum atomic E-state index is 12.5. The molecule has 1 aliphatic heterocycles. The van der Waals surface area contributed by atoms with Gasteiger partial charge in [-0.2, -0.15) is 0 Å². The van der Waals surface area contributed by atoms with Crippen LogP contribution < -0.4 is 5.32 Å². The maximum Gasteiger partial charge on any atom is 0.308 e. The molecule has 0 spiro atoms. The molecule has 1 aliphatic rings. The predicted octanol–water partition coefficient (Wildman–Crippen LogP) is 2.06. The minimum Gasteiger partial charge on any atom is -0.452 e. The number of nitro groups is 2. The van der Waals surface area contributed by atoms with Crippen molar-refractivity contribution in [1.82, 2.24) is 4.90 Å². The van der Waals surface area contributed by atoms with Crippen LogP contribution in [0.4, 0.5) is 17.1 Å². The Morgan fingerprint density at radius 2 is 1.76 bits per heavy atom. The fourth-order valence-corrected chi connectivity index (χ4v) is 3.12. The second-order valence-corrected chi connectivity index (χ2v) is 6.90. The molecule has 2 aromatic carbocycles. The Balaban J connectivity index is 1.57. The van der Waals surface area contributed by atoms with Crippen molar-refractivity contribution >= 4 is 40.8 Å². The molecule has 1 N–H and O–H groups in total. The molecular formula is C20H16N4O9. The molecule has 1 atom stereocenters. The second kappa shape index (κ2) is 9.21. The molecule has 2 aromatic rings. The highest BCUT2D eigenvalue weighted by Crippen LogP contribution is 2.30. The lowest BCUT2D eigenvalue weighted by Gasteiger charge is -2.16. The third-order valence-corrected chi connectivity index (χ3v) is 4.72. The van der Waals surface area contributed by atoms with Crippen molar-refractivity contribution in [2.45, 2.75) is 19.4 Å². The van der Waals surface area contributed by atoms with Crippen LogP contribution in [-0.2, 0) is 14.3 Å². The second-order valence-electron chi connectivity index (χ2n) is 6.90. The van der Waals surface area contributed by atoms with Crippen LogP contribution in [0.25, 0.3) is 0 Å². The van der Waals surface area contributed by atoms with Crippen molar-refractivity contribution in [3.63, 3.8) is 0 Å². The van der Waals surface area contributed by atoms with Crippen LogP contribution in [0.15, 0.2) is 42.5 Å². The van der Waals surface area contributed by atoms with E-state index in [0.717, 1.165) is 12.1 Å². The first kappa shape index (κ1) is 23.0.